The van der Waals surface area contributed by atoms with Crippen molar-refractivity contribution in [2.45, 2.75) is 6.92 Å². The Balaban J connectivity index is 1.69. The van der Waals surface area contributed by atoms with E-state index in [1.54, 1.807) is 18.2 Å². The van der Waals surface area contributed by atoms with E-state index in [2.05, 4.69) is 15.8 Å². The minimum Gasteiger partial charge on any atom is -0.493 e. The summed E-state index contributed by atoms with van der Waals surface area (Å²) in [5, 5.41) is 0.297. The normalized spacial score (nSPS) is 10.5. The lowest BCUT2D eigenvalue weighted by Gasteiger charge is -2.11. The van der Waals surface area contributed by atoms with Crippen molar-refractivity contribution in [3.63, 3.8) is 0 Å². The second-order valence-electron chi connectivity index (χ2n) is 5.59. The van der Waals surface area contributed by atoms with Crippen molar-refractivity contribution in [3.8, 4) is 11.5 Å². The number of nitrogens with one attached hydrogen (secondary N) is 3. The highest BCUT2D eigenvalue weighted by Crippen LogP contribution is 2.28. The summed E-state index contributed by atoms with van der Waals surface area (Å²) in [6.07, 6.45) is 0. The first-order valence-corrected chi connectivity index (χ1v) is 8.22. The minimum absolute atomic E-state index is 0.125. The topological polar surface area (TPSA) is 92.5 Å². The van der Waals surface area contributed by atoms with E-state index in [-0.39, 0.29) is 11.3 Å². The first kappa shape index (κ1) is 18.2. The number of aromatic amines is 1. The maximum Gasteiger partial charge on any atom is 0.286 e. The third-order valence-electron chi connectivity index (χ3n) is 3.87. The molecule has 3 rings (SSSR count). The molecule has 27 heavy (non-hydrogen) atoms. The molecule has 7 nitrogen and oxygen atoms in total. The largest absolute Gasteiger partial charge is 0.493 e. The van der Waals surface area contributed by atoms with Gasteiger partial charge in [0.2, 0.25) is 0 Å². The van der Waals surface area contributed by atoms with Crippen molar-refractivity contribution in [3.05, 3.63) is 59.5 Å². The molecule has 0 saturated heterocycles. The average molecular weight is 371 g/mol. The molecule has 0 aliphatic heterocycles. The molecule has 140 valence electrons. The van der Waals surface area contributed by atoms with Crippen LogP contribution in [-0.4, -0.2) is 30.5 Å². The fraction of sp³-hybridized carbons (Fsp3) is 0.158. The van der Waals surface area contributed by atoms with Gasteiger partial charge in [0.15, 0.2) is 11.5 Å². The number of hydrazine groups is 1. The highest BCUT2D eigenvalue weighted by Gasteiger charge is 2.14. The van der Waals surface area contributed by atoms with Crippen LogP contribution in [0.4, 0.5) is 4.39 Å². The number of fused-ring (bicyclic) bond motifs is 1. The summed E-state index contributed by atoms with van der Waals surface area (Å²) in [6, 6.07) is 10.5. The summed E-state index contributed by atoms with van der Waals surface area (Å²) < 4.78 is 24.3. The number of amides is 2. The predicted octanol–water partition coefficient (Wildman–Crippen LogP) is 2.79. The lowest BCUT2D eigenvalue weighted by molar-refractivity contribution is 0.0844. The van der Waals surface area contributed by atoms with Crippen LogP contribution in [0.2, 0.25) is 0 Å². The van der Waals surface area contributed by atoms with Gasteiger partial charge in [0.25, 0.3) is 11.8 Å². The molecule has 0 aliphatic carbocycles. The molecule has 0 atom stereocenters. The number of benzene rings is 2. The summed E-state index contributed by atoms with van der Waals surface area (Å²) in [7, 11) is 1.47. The van der Waals surface area contributed by atoms with Gasteiger partial charge in [-0.2, -0.15) is 0 Å². The van der Waals surface area contributed by atoms with Crippen molar-refractivity contribution in [1.82, 2.24) is 15.8 Å². The smallest absolute Gasteiger partial charge is 0.286 e. The second-order valence-corrected chi connectivity index (χ2v) is 5.59. The summed E-state index contributed by atoms with van der Waals surface area (Å²) in [4.78, 5) is 27.3. The van der Waals surface area contributed by atoms with Gasteiger partial charge in [-0.1, -0.05) is 6.07 Å². The molecule has 1 aromatic heterocycles. The third-order valence-corrected chi connectivity index (χ3v) is 3.87. The number of methoxy groups -OCH3 is 1. The molecule has 0 fully saturated rings. The molecule has 2 amide bonds. The van der Waals surface area contributed by atoms with E-state index in [1.807, 2.05) is 6.92 Å². The molecule has 2 aromatic carbocycles. The average Bonchev–Trinajstić information content (AvgIpc) is 3.12. The van der Waals surface area contributed by atoms with E-state index >= 15 is 0 Å². The van der Waals surface area contributed by atoms with E-state index in [1.165, 1.54) is 31.4 Å². The van der Waals surface area contributed by atoms with Crippen LogP contribution >= 0.6 is 0 Å². The number of H-pyrrole nitrogens is 1. The van der Waals surface area contributed by atoms with Gasteiger partial charge in [-0.3, -0.25) is 20.4 Å². The minimum atomic E-state index is -0.600. The van der Waals surface area contributed by atoms with Gasteiger partial charge in [-0.25, -0.2) is 4.39 Å². The second kappa shape index (κ2) is 7.77. The Morgan fingerprint density at radius 3 is 2.56 bits per heavy atom. The standard InChI is InChI=1S/C19H18FN3O4/c1-3-27-16-8-7-11(9-17(16)26-2)18(24)22-23-19(25)15-10-12-13(20)5-4-6-14(12)21-15/h4-10,21H,3H2,1-2H3,(H,22,24)(H,23,25). The molecule has 0 aliphatic rings. The lowest BCUT2D eigenvalue weighted by atomic mass is 10.2. The molecule has 8 heteroatoms. The molecular formula is C19H18FN3O4. The van der Waals surface area contributed by atoms with E-state index in [4.69, 9.17) is 9.47 Å². The molecule has 0 saturated carbocycles. The van der Waals surface area contributed by atoms with Gasteiger partial charge in [0.1, 0.15) is 11.5 Å². The Labute approximate surface area is 154 Å². The zero-order chi connectivity index (χ0) is 19.4. The monoisotopic (exact) mass is 371 g/mol. The highest BCUT2D eigenvalue weighted by atomic mass is 19.1. The van der Waals surface area contributed by atoms with Crippen molar-refractivity contribution in [2.75, 3.05) is 13.7 Å². The third kappa shape index (κ3) is 3.84. The fourth-order valence-electron chi connectivity index (χ4n) is 2.58. The lowest BCUT2D eigenvalue weighted by Crippen LogP contribution is -2.41. The number of hydrogen-bond donors (Lipinski definition) is 3. The van der Waals surface area contributed by atoms with Crippen LogP contribution in [0.3, 0.4) is 0 Å². The van der Waals surface area contributed by atoms with Crippen LogP contribution in [-0.2, 0) is 0 Å². The van der Waals surface area contributed by atoms with Gasteiger partial charge in [-0.15, -0.1) is 0 Å². The van der Waals surface area contributed by atoms with E-state index in [9.17, 15) is 14.0 Å². The first-order chi connectivity index (χ1) is 13.0. The van der Waals surface area contributed by atoms with Crippen molar-refractivity contribution >= 4 is 22.7 Å². The van der Waals surface area contributed by atoms with Crippen molar-refractivity contribution < 1.29 is 23.5 Å². The Morgan fingerprint density at radius 1 is 1.07 bits per heavy atom. The molecule has 0 unspecified atom stereocenters. The van der Waals surface area contributed by atoms with Crippen molar-refractivity contribution in [2.24, 2.45) is 0 Å². The maximum absolute atomic E-state index is 13.7. The summed E-state index contributed by atoms with van der Waals surface area (Å²) in [5.41, 5.74) is 5.49. The number of aromatic nitrogens is 1. The fourth-order valence-corrected chi connectivity index (χ4v) is 2.58. The Morgan fingerprint density at radius 2 is 1.85 bits per heavy atom. The van der Waals surface area contributed by atoms with Gasteiger partial charge in [-0.05, 0) is 43.3 Å². The number of halogens is 1. The molecule has 0 spiro atoms. The van der Waals surface area contributed by atoms with E-state index < -0.39 is 17.6 Å². The number of carbonyl (C=O) groups excluding carboxylic acids is 2. The Kier molecular flexibility index (Phi) is 5.25. The van der Waals surface area contributed by atoms with Crippen LogP contribution in [0.25, 0.3) is 10.9 Å². The van der Waals surface area contributed by atoms with Gasteiger partial charge in [0.05, 0.1) is 13.7 Å². The van der Waals surface area contributed by atoms with Crippen LogP contribution < -0.4 is 20.3 Å². The molecule has 1 heterocycles. The zero-order valence-corrected chi connectivity index (χ0v) is 14.8. The Bertz CT molecular complexity index is 1000. The van der Waals surface area contributed by atoms with Crippen LogP contribution in [0.15, 0.2) is 42.5 Å². The molecule has 0 radical (unpaired) electrons. The van der Waals surface area contributed by atoms with Gasteiger partial charge in [0, 0.05) is 16.5 Å². The zero-order valence-electron chi connectivity index (χ0n) is 14.8. The van der Waals surface area contributed by atoms with Crippen LogP contribution in [0.5, 0.6) is 11.5 Å². The predicted molar refractivity (Wildman–Crippen MR) is 97.4 cm³/mol. The van der Waals surface area contributed by atoms with E-state index in [0.29, 0.717) is 29.0 Å². The number of carbonyl (C=O) groups is 2. The molecular weight excluding hydrogens is 353 g/mol. The molecule has 3 N–H and O–H groups in total. The Hall–Kier alpha value is -3.55. The van der Waals surface area contributed by atoms with Crippen molar-refractivity contribution in [1.29, 1.82) is 0 Å². The number of hydrogen-bond acceptors (Lipinski definition) is 4. The first-order valence-electron chi connectivity index (χ1n) is 8.22. The van der Waals surface area contributed by atoms with Crippen LogP contribution in [0, 0.1) is 5.82 Å². The van der Waals surface area contributed by atoms with Gasteiger partial charge >= 0.3 is 0 Å². The maximum atomic E-state index is 13.7. The van der Waals surface area contributed by atoms with Crippen LogP contribution in [0.1, 0.15) is 27.8 Å². The number of rotatable bonds is 5. The SMILES string of the molecule is CCOc1ccc(C(=O)NNC(=O)c2cc3c(F)cccc3[nH]2)cc1OC. The highest BCUT2D eigenvalue weighted by molar-refractivity contribution is 6.01. The number of ether oxygens (including phenoxy) is 2. The summed E-state index contributed by atoms with van der Waals surface area (Å²) >= 11 is 0. The van der Waals surface area contributed by atoms with Gasteiger partial charge < -0.3 is 14.5 Å². The quantitative estimate of drug-likeness (QED) is 0.602. The summed E-state index contributed by atoms with van der Waals surface area (Å²) in [5.74, 6) is -0.653. The molecule has 0 bridgehead atoms. The summed E-state index contributed by atoms with van der Waals surface area (Å²) in [6.45, 7) is 2.30. The van der Waals surface area contributed by atoms with E-state index in [0.717, 1.165) is 0 Å². The molecule has 3 aromatic rings.